The first-order valence-electron chi connectivity index (χ1n) is 8.32. The van der Waals surface area contributed by atoms with Gasteiger partial charge in [-0.25, -0.2) is 0 Å². The SMILES string of the molecule is CCCCc1cc[pH]c1C1=C(CCC)c2ccccc2C1. The highest BCUT2D eigenvalue weighted by molar-refractivity contribution is 7.31. The summed E-state index contributed by atoms with van der Waals surface area (Å²) in [6, 6.07) is 11.4. The van der Waals surface area contributed by atoms with E-state index in [1.807, 2.05) is 0 Å². The zero-order valence-electron chi connectivity index (χ0n) is 13.2. The predicted octanol–water partition coefficient (Wildman–Crippen LogP) is 6.33. The normalized spacial score (nSPS) is 14.2. The standard InChI is InChI=1S/C20H25P/c1-3-5-9-15-12-13-21-20(15)19-14-16-10-6-7-11-17(16)18(19)8-4-2/h6-7,10-13,21H,3-5,8-9,14H2,1-2H3. The van der Waals surface area contributed by atoms with Gasteiger partial charge < -0.3 is 0 Å². The van der Waals surface area contributed by atoms with E-state index >= 15 is 0 Å². The minimum absolute atomic E-state index is 0.885. The van der Waals surface area contributed by atoms with E-state index in [-0.39, 0.29) is 0 Å². The number of allylic oxidation sites excluding steroid dienone is 2. The van der Waals surface area contributed by atoms with Gasteiger partial charge in [-0.15, -0.1) is 8.19 Å². The first kappa shape index (κ1) is 14.7. The van der Waals surface area contributed by atoms with Crippen LogP contribution in [0.3, 0.4) is 0 Å². The molecule has 1 aromatic heterocycles. The lowest BCUT2D eigenvalue weighted by molar-refractivity contribution is 0.796. The summed E-state index contributed by atoms with van der Waals surface area (Å²) in [5, 5.41) is 1.67. The largest absolute Gasteiger partial charge is 0.132 e. The monoisotopic (exact) mass is 296 g/mol. The molecule has 1 aliphatic carbocycles. The number of rotatable bonds is 6. The van der Waals surface area contributed by atoms with Gasteiger partial charge in [0.15, 0.2) is 0 Å². The molecular formula is C20H25P. The van der Waals surface area contributed by atoms with Crippen molar-refractivity contribution in [3.8, 4) is 0 Å². The van der Waals surface area contributed by atoms with Crippen molar-refractivity contribution in [1.29, 1.82) is 0 Å². The fraction of sp³-hybridized carbons (Fsp3) is 0.400. The van der Waals surface area contributed by atoms with Crippen LogP contribution in [-0.2, 0) is 12.8 Å². The lowest BCUT2D eigenvalue weighted by Crippen LogP contribution is -1.90. The molecule has 1 unspecified atom stereocenters. The summed E-state index contributed by atoms with van der Waals surface area (Å²) >= 11 is 0. The van der Waals surface area contributed by atoms with E-state index < -0.39 is 0 Å². The second-order valence-electron chi connectivity index (χ2n) is 6.02. The Kier molecular flexibility index (Phi) is 4.66. The van der Waals surface area contributed by atoms with Crippen molar-refractivity contribution in [3.63, 3.8) is 0 Å². The summed E-state index contributed by atoms with van der Waals surface area (Å²) in [6.45, 7) is 4.58. The van der Waals surface area contributed by atoms with E-state index in [9.17, 15) is 0 Å². The van der Waals surface area contributed by atoms with Gasteiger partial charge in [-0.3, -0.25) is 0 Å². The molecule has 0 spiro atoms. The second-order valence-corrected chi connectivity index (χ2v) is 7.14. The molecule has 1 atom stereocenters. The third-order valence-electron chi connectivity index (χ3n) is 4.51. The number of benzene rings is 1. The van der Waals surface area contributed by atoms with Crippen molar-refractivity contribution in [2.24, 2.45) is 0 Å². The molecule has 1 aliphatic rings. The first-order valence-corrected chi connectivity index (χ1v) is 9.39. The fourth-order valence-corrected chi connectivity index (χ4v) is 4.72. The van der Waals surface area contributed by atoms with Crippen LogP contribution in [0.1, 0.15) is 61.5 Å². The molecule has 0 fully saturated rings. The molecule has 21 heavy (non-hydrogen) atoms. The molecule has 2 aromatic rings. The quantitative estimate of drug-likeness (QED) is 0.584. The predicted molar refractivity (Wildman–Crippen MR) is 96.4 cm³/mol. The van der Waals surface area contributed by atoms with Crippen molar-refractivity contribution < 1.29 is 0 Å². The van der Waals surface area contributed by atoms with E-state index in [2.05, 4.69) is 50.0 Å². The van der Waals surface area contributed by atoms with Gasteiger partial charge in [-0.05, 0) is 64.6 Å². The maximum Gasteiger partial charge on any atom is -0.000754 e. The minimum Gasteiger partial charge on any atom is -0.132 e. The Hall–Kier alpha value is -1.26. The van der Waals surface area contributed by atoms with Gasteiger partial charge in [-0.1, -0.05) is 57.0 Å². The summed E-state index contributed by atoms with van der Waals surface area (Å²) in [5.41, 5.74) is 7.97. The Balaban J connectivity index is 2.01. The van der Waals surface area contributed by atoms with E-state index in [0.717, 1.165) is 14.6 Å². The van der Waals surface area contributed by atoms with Crippen LogP contribution in [0.4, 0.5) is 0 Å². The van der Waals surface area contributed by atoms with Crippen molar-refractivity contribution in [2.75, 3.05) is 0 Å². The van der Waals surface area contributed by atoms with Crippen LogP contribution in [0.25, 0.3) is 11.1 Å². The molecule has 1 heterocycles. The molecule has 0 bridgehead atoms. The summed E-state index contributed by atoms with van der Waals surface area (Å²) in [4.78, 5) is 0. The number of unbranched alkanes of at least 4 members (excludes halogenated alkanes) is 1. The molecule has 1 heteroatoms. The van der Waals surface area contributed by atoms with Crippen LogP contribution in [0.5, 0.6) is 0 Å². The Morgan fingerprint density at radius 1 is 1.00 bits per heavy atom. The van der Waals surface area contributed by atoms with E-state index in [1.165, 1.54) is 43.2 Å². The lowest BCUT2D eigenvalue weighted by atomic mass is 9.98. The topological polar surface area (TPSA) is 0 Å². The first-order chi connectivity index (χ1) is 10.3. The molecule has 1 aromatic carbocycles. The molecule has 0 saturated carbocycles. The molecule has 0 amide bonds. The summed E-state index contributed by atoms with van der Waals surface area (Å²) in [7, 11) is 0.885. The van der Waals surface area contributed by atoms with Gasteiger partial charge in [0.25, 0.3) is 0 Å². The number of fused-ring (bicyclic) bond motifs is 1. The van der Waals surface area contributed by atoms with Gasteiger partial charge in [0, 0.05) is 0 Å². The third kappa shape index (κ3) is 2.87. The van der Waals surface area contributed by atoms with E-state index in [1.54, 1.807) is 22.0 Å². The van der Waals surface area contributed by atoms with Gasteiger partial charge in [0.05, 0.1) is 0 Å². The Labute approximate surface area is 130 Å². The van der Waals surface area contributed by atoms with Crippen molar-refractivity contribution in [1.82, 2.24) is 0 Å². The molecule has 3 rings (SSSR count). The maximum atomic E-state index is 2.39. The van der Waals surface area contributed by atoms with Gasteiger partial charge in [0.1, 0.15) is 0 Å². The highest BCUT2D eigenvalue weighted by atomic mass is 31.0. The smallest absolute Gasteiger partial charge is 0.000754 e. The minimum atomic E-state index is 0.885. The van der Waals surface area contributed by atoms with Crippen molar-refractivity contribution in [3.05, 3.63) is 58.1 Å². The highest BCUT2D eigenvalue weighted by Crippen LogP contribution is 2.44. The Morgan fingerprint density at radius 2 is 1.86 bits per heavy atom. The summed E-state index contributed by atoms with van der Waals surface area (Å²) in [6.07, 6.45) is 7.48. The van der Waals surface area contributed by atoms with Crippen molar-refractivity contribution in [2.45, 2.75) is 52.4 Å². The van der Waals surface area contributed by atoms with Crippen LogP contribution in [-0.4, -0.2) is 0 Å². The lowest BCUT2D eigenvalue weighted by Gasteiger charge is -2.09. The molecule has 0 N–H and O–H groups in total. The van der Waals surface area contributed by atoms with Gasteiger partial charge in [0.2, 0.25) is 0 Å². The van der Waals surface area contributed by atoms with Crippen LogP contribution in [0.15, 0.2) is 36.1 Å². The average Bonchev–Trinajstić information content (AvgIpc) is 3.10. The fourth-order valence-electron chi connectivity index (χ4n) is 3.46. The van der Waals surface area contributed by atoms with Crippen LogP contribution < -0.4 is 0 Å². The number of hydrogen-bond donors (Lipinski definition) is 0. The molecule has 0 nitrogen and oxygen atoms in total. The Morgan fingerprint density at radius 3 is 2.67 bits per heavy atom. The number of hydrogen-bond acceptors (Lipinski definition) is 0. The molecule has 0 saturated heterocycles. The maximum absolute atomic E-state index is 2.39. The zero-order chi connectivity index (χ0) is 14.7. The van der Waals surface area contributed by atoms with Crippen LogP contribution >= 0.6 is 8.19 Å². The summed E-state index contributed by atoms with van der Waals surface area (Å²) in [5.74, 6) is 2.39. The van der Waals surface area contributed by atoms with E-state index in [4.69, 9.17) is 0 Å². The molecule has 0 radical (unpaired) electrons. The highest BCUT2D eigenvalue weighted by Gasteiger charge is 2.23. The van der Waals surface area contributed by atoms with Crippen LogP contribution in [0, 0.1) is 0 Å². The summed E-state index contributed by atoms with van der Waals surface area (Å²) < 4.78 is 0. The number of aryl methyl sites for hydroxylation is 1. The molecule has 0 aliphatic heterocycles. The zero-order valence-corrected chi connectivity index (χ0v) is 14.2. The average molecular weight is 296 g/mol. The third-order valence-corrected chi connectivity index (χ3v) is 5.75. The van der Waals surface area contributed by atoms with Gasteiger partial charge >= 0.3 is 0 Å². The second kappa shape index (κ2) is 6.67. The van der Waals surface area contributed by atoms with Gasteiger partial charge in [-0.2, -0.15) is 0 Å². The van der Waals surface area contributed by atoms with Crippen molar-refractivity contribution >= 4 is 19.3 Å². The molecule has 110 valence electrons. The Bertz CT molecular complexity index is 645. The molecular weight excluding hydrogens is 271 g/mol. The van der Waals surface area contributed by atoms with Crippen LogP contribution in [0.2, 0.25) is 0 Å². The van der Waals surface area contributed by atoms with E-state index in [0.29, 0.717) is 0 Å².